The van der Waals surface area contributed by atoms with Crippen LogP contribution in [0, 0.1) is 0 Å². The van der Waals surface area contributed by atoms with Gasteiger partial charge >= 0.3 is 0 Å². The minimum atomic E-state index is 0.465. The first kappa shape index (κ1) is 8.85. The smallest absolute Gasteiger partial charge is 0.0477 e. The van der Waals surface area contributed by atoms with E-state index in [0.29, 0.717) is 17.4 Å². The number of benzene rings is 1. The number of rotatable bonds is 2. The molecule has 0 aromatic heterocycles. The average Bonchev–Trinajstić information content (AvgIpc) is 2.04. The molecule has 1 rings (SSSR count). The van der Waals surface area contributed by atoms with Gasteiger partial charge in [-0.25, -0.2) is 0 Å². The third-order valence-electron chi connectivity index (χ3n) is 1.53. The predicted molar refractivity (Wildman–Crippen MR) is 48.9 cm³/mol. The zero-order chi connectivity index (χ0) is 8.27. The molecule has 0 aliphatic carbocycles. The van der Waals surface area contributed by atoms with Crippen LogP contribution in [0.1, 0.15) is 11.1 Å². The lowest BCUT2D eigenvalue weighted by Crippen LogP contribution is -1.99. The fraction of sp³-hybridized carbons (Fsp3) is 0.250. The molecule has 11 heavy (non-hydrogen) atoms. The van der Waals surface area contributed by atoms with Gasteiger partial charge in [0.2, 0.25) is 0 Å². The largest absolute Gasteiger partial charge is 0.326 e. The first-order valence-corrected chi connectivity index (χ1v) is 4.22. The van der Waals surface area contributed by atoms with Crippen molar-refractivity contribution in [3.05, 3.63) is 34.3 Å². The van der Waals surface area contributed by atoms with E-state index >= 15 is 0 Å². The van der Waals surface area contributed by atoms with Crippen LogP contribution in [0.4, 0.5) is 0 Å². The maximum absolute atomic E-state index is 5.75. The van der Waals surface area contributed by atoms with Crippen molar-refractivity contribution in [2.75, 3.05) is 0 Å². The number of halogens is 2. The molecule has 0 atom stereocenters. The van der Waals surface area contributed by atoms with E-state index in [2.05, 4.69) is 0 Å². The summed E-state index contributed by atoms with van der Waals surface area (Å²) in [6.07, 6.45) is 0. The third kappa shape index (κ3) is 2.09. The van der Waals surface area contributed by atoms with Crippen LogP contribution in [0.5, 0.6) is 0 Å². The highest BCUT2D eigenvalue weighted by Crippen LogP contribution is 2.17. The summed E-state index contributed by atoms with van der Waals surface area (Å²) in [6, 6.07) is 5.57. The van der Waals surface area contributed by atoms with Crippen LogP contribution < -0.4 is 5.73 Å². The van der Waals surface area contributed by atoms with Gasteiger partial charge in [0, 0.05) is 17.4 Å². The maximum atomic E-state index is 5.75. The van der Waals surface area contributed by atoms with Crippen molar-refractivity contribution >= 4 is 23.2 Å². The Morgan fingerprint density at radius 3 is 2.55 bits per heavy atom. The van der Waals surface area contributed by atoms with Crippen molar-refractivity contribution < 1.29 is 0 Å². The van der Waals surface area contributed by atoms with Crippen LogP contribution in [-0.4, -0.2) is 0 Å². The molecular weight excluding hydrogens is 181 g/mol. The van der Waals surface area contributed by atoms with E-state index in [1.807, 2.05) is 18.2 Å². The maximum Gasteiger partial charge on any atom is 0.0477 e. The summed E-state index contributed by atoms with van der Waals surface area (Å²) in [5.41, 5.74) is 7.55. The van der Waals surface area contributed by atoms with Crippen molar-refractivity contribution in [2.45, 2.75) is 12.4 Å². The molecule has 0 fully saturated rings. The standard InChI is InChI=1S/C8H9Cl2N/c9-4-7-3-8(10)2-1-6(7)5-11/h1-3H,4-5,11H2. The Bertz CT molecular complexity index is 248. The monoisotopic (exact) mass is 189 g/mol. The van der Waals surface area contributed by atoms with E-state index in [9.17, 15) is 0 Å². The summed E-state index contributed by atoms with van der Waals surface area (Å²) < 4.78 is 0. The predicted octanol–water partition coefficient (Wildman–Crippen LogP) is 2.54. The molecule has 1 aromatic carbocycles. The number of hydrogen-bond donors (Lipinski definition) is 1. The molecule has 0 aliphatic rings. The van der Waals surface area contributed by atoms with Gasteiger partial charge in [-0.2, -0.15) is 0 Å². The summed E-state index contributed by atoms with van der Waals surface area (Å²) in [6.45, 7) is 0.513. The van der Waals surface area contributed by atoms with Gasteiger partial charge in [0.15, 0.2) is 0 Å². The van der Waals surface area contributed by atoms with Crippen molar-refractivity contribution in [3.63, 3.8) is 0 Å². The first-order valence-electron chi connectivity index (χ1n) is 3.31. The Hall–Kier alpha value is -0.240. The van der Waals surface area contributed by atoms with Crippen LogP contribution in [-0.2, 0) is 12.4 Å². The molecule has 0 radical (unpaired) electrons. The highest BCUT2D eigenvalue weighted by molar-refractivity contribution is 6.30. The van der Waals surface area contributed by atoms with Crippen molar-refractivity contribution in [1.82, 2.24) is 0 Å². The molecule has 0 bridgehead atoms. The van der Waals surface area contributed by atoms with Gasteiger partial charge in [-0.05, 0) is 23.3 Å². The molecule has 1 nitrogen and oxygen atoms in total. The van der Waals surface area contributed by atoms with Crippen LogP contribution in [0.2, 0.25) is 5.02 Å². The lowest BCUT2D eigenvalue weighted by atomic mass is 10.1. The second-order valence-electron chi connectivity index (χ2n) is 2.25. The lowest BCUT2D eigenvalue weighted by molar-refractivity contribution is 1.04. The molecular formula is C8H9Cl2N. The normalized spacial score (nSPS) is 10.1. The van der Waals surface area contributed by atoms with Crippen LogP contribution in [0.15, 0.2) is 18.2 Å². The topological polar surface area (TPSA) is 26.0 Å². The van der Waals surface area contributed by atoms with E-state index in [-0.39, 0.29) is 0 Å². The summed E-state index contributed by atoms with van der Waals surface area (Å²) in [5.74, 6) is 0.465. The van der Waals surface area contributed by atoms with E-state index in [0.717, 1.165) is 11.1 Å². The Kier molecular flexibility index (Phi) is 3.18. The number of nitrogens with two attached hydrogens (primary N) is 1. The third-order valence-corrected chi connectivity index (χ3v) is 2.06. The van der Waals surface area contributed by atoms with Crippen LogP contribution >= 0.6 is 23.2 Å². The zero-order valence-corrected chi connectivity index (χ0v) is 7.49. The molecule has 0 heterocycles. The van der Waals surface area contributed by atoms with Gasteiger partial charge in [-0.1, -0.05) is 17.7 Å². The van der Waals surface area contributed by atoms with E-state index < -0.39 is 0 Å². The molecule has 0 unspecified atom stereocenters. The van der Waals surface area contributed by atoms with Crippen LogP contribution in [0.25, 0.3) is 0 Å². The average molecular weight is 190 g/mol. The van der Waals surface area contributed by atoms with Gasteiger partial charge in [-0.15, -0.1) is 11.6 Å². The fourth-order valence-electron chi connectivity index (χ4n) is 0.918. The highest BCUT2D eigenvalue weighted by Gasteiger charge is 1.99. The minimum Gasteiger partial charge on any atom is -0.326 e. The van der Waals surface area contributed by atoms with Gasteiger partial charge in [0.25, 0.3) is 0 Å². The summed E-state index contributed by atoms with van der Waals surface area (Å²) in [5, 5.41) is 0.706. The van der Waals surface area contributed by atoms with Gasteiger partial charge in [0.05, 0.1) is 0 Å². The first-order chi connectivity index (χ1) is 5.27. The molecule has 0 amide bonds. The Balaban J connectivity index is 3.06. The molecule has 0 saturated heterocycles. The number of hydrogen-bond acceptors (Lipinski definition) is 1. The van der Waals surface area contributed by atoms with E-state index in [4.69, 9.17) is 28.9 Å². The SMILES string of the molecule is NCc1ccc(Cl)cc1CCl. The molecule has 2 N–H and O–H groups in total. The Morgan fingerprint density at radius 1 is 1.27 bits per heavy atom. The number of alkyl halides is 1. The van der Waals surface area contributed by atoms with Crippen molar-refractivity contribution in [1.29, 1.82) is 0 Å². The van der Waals surface area contributed by atoms with Gasteiger partial charge in [-0.3, -0.25) is 0 Å². The summed E-state index contributed by atoms with van der Waals surface area (Å²) in [7, 11) is 0. The molecule has 0 saturated carbocycles. The molecule has 60 valence electrons. The van der Waals surface area contributed by atoms with Crippen molar-refractivity contribution in [2.24, 2.45) is 5.73 Å². The quantitative estimate of drug-likeness (QED) is 0.712. The summed E-state index contributed by atoms with van der Waals surface area (Å²) >= 11 is 11.4. The van der Waals surface area contributed by atoms with E-state index in [1.165, 1.54) is 0 Å². The second-order valence-corrected chi connectivity index (χ2v) is 2.95. The second kappa shape index (κ2) is 3.96. The Labute approximate surface area is 76.1 Å². The molecule has 0 spiro atoms. The van der Waals surface area contributed by atoms with Gasteiger partial charge in [0.1, 0.15) is 0 Å². The highest BCUT2D eigenvalue weighted by atomic mass is 35.5. The molecule has 0 aliphatic heterocycles. The summed E-state index contributed by atoms with van der Waals surface area (Å²) in [4.78, 5) is 0. The van der Waals surface area contributed by atoms with Gasteiger partial charge < -0.3 is 5.73 Å². The zero-order valence-electron chi connectivity index (χ0n) is 5.98. The Morgan fingerprint density at radius 2 is 2.00 bits per heavy atom. The molecule has 3 heteroatoms. The van der Waals surface area contributed by atoms with Crippen LogP contribution in [0.3, 0.4) is 0 Å². The fourth-order valence-corrected chi connectivity index (χ4v) is 1.36. The van der Waals surface area contributed by atoms with E-state index in [1.54, 1.807) is 0 Å². The minimum absolute atomic E-state index is 0.465. The molecule has 1 aromatic rings. The van der Waals surface area contributed by atoms with Crippen molar-refractivity contribution in [3.8, 4) is 0 Å². The lowest BCUT2D eigenvalue weighted by Gasteiger charge is -2.03.